The molecule has 20 heavy (non-hydrogen) atoms. The number of rotatable bonds is 3. The average molecular weight is 290 g/mol. The summed E-state index contributed by atoms with van der Waals surface area (Å²) in [4.78, 5) is 11.5. The van der Waals surface area contributed by atoms with Crippen molar-refractivity contribution >= 4 is 5.97 Å². The summed E-state index contributed by atoms with van der Waals surface area (Å²) < 4.78 is 52.9. The summed E-state index contributed by atoms with van der Waals surface area (Å²) in [5.41, 5.74) is -2.75. The van der Waals surface area contributed by atoms with Crippen LogP contribution in [0.5, 0.6) is 0 Å². The Morgan fingerprint density at radius 2 is 1.75 bits per heavy atom. The molecule has 0 atom stereocenters. The number of halogens is 4. The zero-order valence-corrected chi connectivity index (χ0v) is 10.6. The Hall–Kier alpha value is -1.59. The molecular weight excluding hydrogens is 276 g/mol. The lowest BCUT2D eigenvalue weighted by Gasteiger charge is -2.34. The van der Waals surface area contributed by atoms with Crippen LogP contribution in [0.3, 0.4) is 0 Å². The molecule has 0 saturated heterocycles. The zero-order valence-electron chi connectivity index (χ0n) is 10.6. The van der Waals surface area contributed by atoms with Crippen LogP contribution in [0.4, 0.5) is 17.6 Å². The summed E-state index contributed by atoms with van der Waals surface area (Å²) in [5, 5.41) is 9.41. The monoisotopic (exact) mass is 290 g/mol. The van der Waals surface area contributed by atoms with E-state index in [0.29, 0.717) is 18.9 Å². The van der Waals surface area contributed by atoms with Gasteiger partial charge in [0.1, 0.15) is 0 Å². The van der Waals surface area contributed by atoms with Crippen LogP contribution in [0, 0.1) is 11.6 Å². The van der Waals surface area contributed by atoms with Crippen molar-refractivity contribution in [3.8, 4) is 0 Å². The highest BCUT2D eigenvalue weighted by Crippen LogP contribution is 2.42. The molecular formula is C14H14F4O2. The second kappa shape index (κ2) is 5.42. The Morgan fingerprint density at radius 1 is 1.15 bits per heavy atom. The third-order valence-electron chi connectivity index (χ3n) is 3.93. The number of benzene rings is 1. The van der Waals surface area contributed by atoms with E-state index in [4.69, 9.17) is 0 Å². The summed E-state index contributed by atoms with van der Waals surface area (Å²) in [6.45, 7) is 0. The molecule has 1 fully saturated rings. The predicted molar refractivity (Wildman–Crippen MR) is 63.7 cm³/mol. The van der Waals surface area contributed by atoms with Gasteiger partial charge in [-0.3, -0.25) is 4.79 Å². The van der Waals surface area contributed by atoms with Gasteiger partial charge in [0, 0.05) is 11.1 Å². The first kappa shape index (κ1) is 14.8. The third-order valence-corrected chi connectivity index (χ3v) is 3.93. The normalized spacial score (nSPS) is 18.2. The maximum absolute atomic E-state index is 14.0. The number of hydrogen-bond acceptors (Lipinski definition) is 1. The van der Waals surface area contributed by atoms with Crippen LogP contribution in [0.2, 0.25) is 0 Å². The van der Waals surface area contributed by atoms with Crippen LogP contribution in [-0.2, 0) is 10.2 Å². The Labute approximate surface area is 113 Å². The van der Waals surface area contributed by atoms with Crippen LogP contribution in [0.15, 0.2) is 12.1 Å². The predicted octanol–water partition coefficient (Wildman–Crippen LogP) is 4.19. The first-order valence-electron chi connectivity index (χ1n) is 6.39. The van der Waals surface area contributed by atoms with Crippen LogP contribution in [-0.4, -0.2) is 11.1 Å². The maximum Gasteiger partial charge on any atom is 0.314 e. The fourth-order valence-electron chi connectivity index (χ4n) is 2.84. The van der Waals surface area contributed by atoms with Crippen LogP contribution in [0.25, 0.3) is 0 Å². The lowest BCUT2D eigenvalue weighted by atomic mass is 9.69. The topological polar surface area (TPSA) is 37.3 Å². The van der Waals surface area contributed by atoms with Gasteiger partial charge in [-0.05, 0) is 25.0 Å². The van der Waals surface area contributed by atoms with Crippen LogP contribution < -0.4 is 0 Å². The first-order chi connectivity index (χ1) is 9.38. The minimum Gasteiger partial charge on any atom is -0.481 e. The van der Waals surface area contributed by atoms with Gasteiger partial charge >= 0.3 is 5.97 Å². The van der Waals surface area contributed by atoms with E-state index in [1.54, 1.807) is 0 Å². The Balaban J connectivity index is 2.61. The number of aliphatic carboxylic acids is 1. The smallest absolute Gasteiger partial charge is 0.314 e. The third kappa shape index (κ3) is 2.39. The van der Waals surface area contributed by atoms with Gasteiger partial charge < -0.3 is 5.11 Å². The number of carboxylic acid groups (broad SMARTS) is 1. The molecule has 110 valence electrons. The fourth-order valence-corrected chi connectivity index (χ4v) is 2.84. The maximum atomic E-state index is 14.0. The molecule has 0 aliphatic heterocycles. The van der Waals surface area contributed by atoms with Crippen molar-refractivity contribution in [1.29, 1.82) is 0 Å². The molecule has 1 N–H and O–H groups in total. The molecule has 0 aromatic heterocycles. The summed E-state index contributed by atoms with van der Waals surface area (Å²) in [7, 11) is 0. The minimum absolute atomic E-state index is 0.130. The quantitative estimate of drug-likeness (QED) is 0.847. The lowest BCUT2D eigenvalue weighted by Crippen LogP contribution is -2.39. The molecule has 2 nitrogen and oxygen atoms in total. The van der Waals surface area contributed by atoms with E-state index >= 15 is 0 Å². The molecule has 1 aromatic rings. The van der Waals surface area contributed by atoms with E-state index in [9.17, 15) is 27.5 Å². The van der Waals surface area contributed by atoms with Crippen molar-refractivity contribution in [2.75, 3.05) is 0 Å². The molecule has 0 spiro atoms. The van der Waals surface area contributed by atoms with E-state index in [-0.39, 0.29) is 12.8 Å². The van der Waals surface area contributed by atoms with Crippen molar-refractivity contribution in [2.24, 2.45) is 0 Å². The summed E-state index contributed by atoms with van der Waals surface area (Å²) in [6.07, 6.45) is -0.818. The summed E-state index contributed by atoms with van der Waals surface area (Å²) in [6, 6.07) is 1.21. The van der Waals surface area contributed by atoms with E-state index in [0.717, 1.165) is 12.5 Å². The SMILES string of the molecule is O=C(O)C1(c2cc(C(F)F)cc(F)c2F)CCCCC1. The van der Waals surface area contributed by atoms with Crippen molar-refractivity contribution < 1.29 is 27.5 Å². The van der Waals surface area contributed by atoms with Gasteiger partial charge in [-0.15, -0.1) is 0 Å². The highest BCUT2D eigenvalue weighted by atomic mass is 19.3. The fraction of sp³-hybridized carbons (Fsp3) is 0.500. The standard InChI is InChI=1S/C14H14F4O2/c15-10-7-8(12(17)18)6-9(11(10)16)14(13(19)20)4-2-1-3-5-14/h6-7,12H,1-5H2,(H,19,20). The Kier molecular flexibility index (Phi) is 4.01. The summed E-state index contributed by atoms with van der Waals surface area (Å²) >= 11 is 0. The van der Waals surface area contributed by atoms with E-state index in [1.165, 1.54) is 0 Å². The average Bonchev–Trinajstić information content (AvgIpc) is 2.42. The van der Waals surface area contributed by atoms with Crippen molar-refractivity contribution in [3.63, 3.8) is 0 Å². The minimum atomic E-state index is -2.97. The molecule has 0 heterocycles. The zero-order chi connectivity index (χ0) is 14.9. The number of hydrogen-bond donors (Lipinski definition) is 1. The van der Waals surface area contributed by atoms with Crippen LogP contribution >= 0.6 is 0 Å². The molecule has 0 radical (unpaired) electrons. The van der Waals surface area contributed by atoms with Crippen molar-refractivity contribution in [2.45, 2.75) is 43.9 Å². The number of carboxylic acids is 1. The Morgan fingerprint density at radius 3 is 2.25 bits per heavy atom. The molecule has 1 saturated carbocycles. The number of carbonyl (C=O) groups is 1. The molecule has 6 heteroatoms. The molecule has 0 amide bonds. The summed E-state index contributed by atoms with van der Waals surface area (Å²) in [5.74, 6) is -4.05. The van der Waals surface area contributed by atoms with Crippen LogP contribution in [0.1, 0.15) is 49.7 Å². The second-order valence-electron chi connectivity index (χ2n) is 5.11. The Bertz CT molecular complexity index is 522. The second-order valence-corrected chi connectivity index (χ2v) is 5.11. The van der Waals surface area contributed by atoms with Gasteiger partial charge in [-0.2, -0.15) is 0 Å². The first-order valence-corrected chi connectivity index (χ1v) is 6.39. The molecule has 1 aromatic carbocycles. The molecule has 0 bridgehead atoms. The van der Waals surface area contributed by atoms with Gasteiger partial charge in [0.15, 0.2) is 11.6 Å². The molecule has 0 unspecified atom stereocenters. The van der Waals surface area contributed by atoms with Gasteiger partial charge in [0.2, 0.25) is 0 Å². The molecule has 1 aliphatic rings. The molecule has 1 aliphatic carbocycles. The largest absolute Gasteiger partial charge is 0.481 e. The van der Waals surface area contributed by atoms with Gasteiger partial charge in [0.25, 0.3) is 6.43 Å². The highest BCUT2D eigenvalue weighted by Gasteiger charge is 2.44. The van der Waals surface area contributed by atoms with E-state index in [2.05, 4.69) is 0 Å². The highest BCUT2D eigenvalue weighted by molar-refractivity contribution is 5.81. The van der Waals surface area contributed by atoms with Gasteiger partial charge in [-0.25, -0.2) is 17.6 Å². The van der Waals surface area contributed by atoms with Crippen molar-refractivity contribution in [3.05, 3.63) is 34.9 Å². The van der Waals surface area contributed by atoms with Gasteiger partial charge in [0.05, 0.1) is 5.41 Å². The molecule has 2 rings (SSSR count). The van der Waals surface area contributed by atoms with E-state index in [1.807, 2.05) is 0 Å². The van der Waals surface area contributed by atoms with Gasteiger partial charge in [-0.1, -0.05) is 19.3 Å². The number of alkyl halides is 2. The van der Waals surface area contributed by atoms with Crippen molar-refractivity contribution in [1.82, 2.24) is 0 Å². The lowest BCUT2D eigenvalue weighted by molar-refractivity contribution is -0.145. The van der Waals surface area contributed by atoms with E-state index < -0.39 is 40.6 Å².